The number of amides is 3. The number of fused-ring (bicyclic) bond motifs is 1. The van der Waals surface area contributed by atoms with Gasteiger partial charge in [-0.25, -0.2) is 0 Å². The van der Waals surface area contributed by atoms with E-state index >= 15 is 0 Å². The zero-order valence-electron chi connectivity index (χ0n) is 19.9. The molecule has 2 aromatic heterocycles. The third-order valence-electron chi connectivity index (χ3n) is 5.60. The molecule has 5 N–H and O–H groups in total. The lowest BCUT2D eigenvalue weighted by molar-refractivity contribution is -0.126. The van der Waals surface area contributed by atoms with Gasteiger partial charge < -0.3 is 35.6 Å². The molecule has 3 amide bonds. The van der Waals surface area contributed by atoms with Crippen molar-refractivity contribution >= 4 is 34.9 Å². The number of ether oxygens (including phenoxy) is 2. The fraction of sp³-hybridized carbons (Fsp3) is 0.333. The van der Waals surface area contributed by atoms with E-state index < -0.39 is 23.8 Å². The lowest BCUT2D eigenvalue weighted by Crippen LogP contribution is -2.43. The van der Waals surface area contributed by atoms with Gasteiger partial charge in [0.15, 0.2) is 23.2 Å². The number of benzene rings is 1. The number of furan rings is 1. The summed E-state index contributed by atoms with van der Waals surface area (Å²) >= 11 is 0.746. The van der Waals surface area contributed by atoms with Gasteiger partial charge in [0, 0.05) is 13.1 Å². The van der Waals surface area contributed by atoms with E-state index in [0.29, 0.717) is 29.5 Å². The van der Waals surface area contributed by atoms with Gasteiger partial charge in [-0.15, -0.1) is 0 Å². The van der Waals surface area contributed by atoms with E-state index in [4.69, 9.17) is 25.4 Å². The van der Waals surface area contributed by atoms with Crippen LogP contribution in [-0.4, -0.2) is 40.3 Å². The van der Waals surface area contributed by atoms with Crippen LogP contribution in [-0.2, 0) is 11.3 Å². The number of carbonyl (C=O) groups excluding carboxylic acids is 3. The van der Waals surface area contributed by atoms with Gasteiger partial charge in [-0.1, -0.05) is 19.9 Å². The summed E-state index contributed by atoms with van der Waals surface area (Å²) in [7, 11) is 0. The molecule has 1 atom stereocenters. The Balaban J connectivity index is 1.73. The number of nitrogen functional groups attached to an aromatic ring is 1. The highest BCUT2D eigenvalue weighted by molar-refractivity contribution is 7.09. The average molecular weight is 514 g/mol. The molecular formula is C24H27N5O6S. The third kappa shape index (κ3) is 5.28. The summed E-state index contributed by atoms with van der Waals surface area (Å²) in [4.78, 5) is 40.3. The lowest BCUT2D eigenvalue weighted by Gasteiger charge is -2.30. The highest BCUT2D eigenvalue weighted by Crippen LogP contribution is 2.35. The van der Waals surface area contributed by atoms with Crippen molar-refractivity contribution in [3.63, 3.8) is 0 Å². The van der Waals surface area contributed by atoms with E-state index in [2.05, 4.69) is 23.5 Å². The molecule has 4 rings (SSSR count). The van der Waals surface area contributed by atoms with Gasteiger partial charge >= 0.3 is 0 Å². The van der Waals surface area contributed by atoms with Crippen molar-refractivity contribution < 1.29 is 28.3 Å². The molecule has 3 heterocycles. The van der Waals surface area contributed by atoms with Crippen LogP contribution in [0.4, 0.5) is 5.69 Å². The standard InChI is InChI=1S/C24H27N5O6S/c1-13(2)7-8-27-23(31)20(16-4-3-9-33-16)29(11-14-5-6-15-17(10-14)35-12-34-15)24(32)21-18(25)19(22(26)30)28-36-21/h3-6,9-10,13,20H,7-8,11-12,25H2,1-2H3,(H2,26,30)(H,27,31)/t20-/m1/s1. The fourth-order valence-corrected chi connectivity index (χ4v) is 4.49. The highest BCUT2D eigenvalue weighted by Gasteiger charge is 2.36. The highest BCUT2D eigenvalue weighted by atomic mass is 32.1. The Labute approximate surface area is 211 Å². The number of nitrogens with zero attached hydrogens (tertiary/aromatic N) is 2. The van der Waals surface area contributed by atoms with E-state index in [9.17, 15) is 14.4 Å². The van der Waals surface area contributed by atoms with Crippen LogP contribution in [0.25, 0.3) is 0 Å². The van der Waals surface area contributed by atoms with Crippen molar-refractivity contribution in [2.45, 2.75) is 32.9 Å². The van der Waals surface area contributed by atoms with Gasteiger partial charge in [0.1, 0.15) is 10.6 Å². The van der Waals surface area contributed by atoms with Crippen molar-refractivity contribution in [2.75, 3.05) is 19.1 Å². The lowest BCUT2D eigenvalue weighted by atomic mass is 10.1. The summed E-state index contributed by atoms with van der Waals surface area (Å²) in [6.45, 7) is 4.63. The van der Waals surface area contributed by atoms with E-state index in [-0.39, 0.29) is 35.4 Å². The van der Waals surface area contributed by atoms with Crippen LogP contribution in [0.15, 0.2) is 41.0 Å². The Morgan fingerprint density at radius 3 is 2.64 bits per heavy atom. The third-order valence-corrected chi connectivity index (χ3v) is 6.45. The fourth-order valence-electron chi connectivity index (χ4n) is 3.73. The Morgan fingerprint density at radius 1 is 1.19 bits per heavy atom. The van der Waals surface area contributed by atoms with E-state index in [0.717, 1.165) is 18.0 Å². The van der Waals surface area contributed by atoms with Gasteiger partial charge in [0.25, 0.3) is 17.7 Å². The van der Waals surface area contributed by atoms with Crippen LogP contribution in [0.3, 0.4) is 0 Å². The Kier molecular flexibility index (Phi) is 7.44. The molecule has 36 heavy (non-hydrogen) atoms. The molecule has 0 radical (unpaired) electrons. The summed E-state index contributed by atoms with van der Waals surface area (Å²) < 4.78 is 20.4. The Bertz CT molecular complexity index is 1260. The van der Waals surface area contributed by atoms with Gasteiger partial charge in [-0.3, -0.25) is 14.4 Å². The summed E-state index contributed by atoms with van der Waals surface area (Å²) in [6.07, 6.45) is 2.19. The minimum Gasteiger partial charge on any atom is -0.467 e. The van der Waals surface area contributed by atoms with Gasteiger partial charge in [-0.2, -0.15) is 4.37 Å². The van der Waals surface area contributed by atoms with Crippen molar-refractivity contribution in [3.05, 3.63) is 58.5 Å². The van der Waals surface area contributed by atoms with Crippen LogP contribution in [0.2, 0.25) is 0 Å². The molecule has 1 aliphatic heterocycles. The zero-order chi connectivity index (χ0) is 25.8. The van der Waals surface area contributed by atoms with Crippen LogP contribution < -0.4 is 26.3 Å². The van der Waals surface area contributed by atoms with Gasteiger partial charge in [0.05, 0.1) is 12.0 Å². The number of hydrogen-bond donors (Lipinski definition) is 3. The summed E-state index contributed by atoms with van der Waals surface area (Å²) in [5.74, 6) is -0.104. The molecule has 0 unspecified atom stereocenters. The number of aromatic nitrogens is 1. The van der Waals surface area contributed by atoms with Gasteiger partial charge in [-0.05, 0) is 53.7 Å². The number of rotatable bonds is 10. The first-order valence-corrected chi connectivity index (χ1v) is 12.1. The first-order chi connectivity index (χ1) is 17.3. The molecule has 0 saturated heterocycles. The average Bonchev–Trinajstić information content (AvgIpc) is 3.59. The number of primary amides is 1. The largest absolute Gasteiger partial charge is 0.467 e. The predicted octanol–water partition coefficient (Wildman–Crippen LogP) is 2.69. The Hall–Kier alpha value is -4.06. The van der Waals surface area contributed by atoms with Crippen molar-refractivity contribution in [2.24, 2.45) is 11.7 Å². The van der Waals surface area contributed by atoms with Crippen LogP contribution in [0.1, 0.15) is 57.8 Å². The smallest absolute Gasteiger partial charge is 0.270 e. The second kappa shape index (κ2) is 10.7. The molecule has 0 fully saturated rings. The first kappa shape index (κ1) is 25.0. The molecule has 1 aromatic carbocycles. The van der Waals surface area contributed by atoms with Crippen LogP contribution in [0, 0.1) is 5.92 Å². The molecule has 0 saturated carbocycles. The summed E-state index contributed by atoms with van der Waals surface area (Å²) in [5.41, 5.74) is 11.8. The van der Waals surface area contributed by atoms with Gasteiger partial charge in [0.2, 0.25) is 6.79 Å². The molecule has 0 spiro atoms. The molecule has 0 bridgehead atoms. The Morgan fingerprint density at radius 2 is 1.97 bits per heavy atom. The van der Waals surface area contributed by atoms with Crippen LogP contribution in [0.5, 0.6) is 11.5 Å². The van der Waals surface area contributed by atoms with Crippen molar-refractivity contribution in [3.8, 4) is 11.5 Å². The topological polar surface area (TPSA) is 163 Å². The SMILES string of the molecule is CC(C)CCNC(=O)[C@@H](c1ccco1)N(Cc1ccc2c(c1)OCO2)C(=O)c1snc(C(N)=O)c1N. The molecule has 12 heteroatoms. The van der Waals surface area contributed by atoms with Crippen molar-refractivity contribution in [1.29, 1.82) is 0 Å². The minimum atomic E-state index is -1.12. The maximum atomic E-state index is 13.8. The van der Waals surface area contributed by atoms with Crippen LogP contribution >= 0.6 is 11.5 Å². The van der Waals surface area contributed by atoms with E-state index in [1.807, 2.05) is 0 Å². The number of anilines is 1. The number of nitrogens with two attached hydrogens (primary N) is 2. The maximum absolute atomic E-state index is 13.8. The molecular weight excluding hydrogens is 486 g/mol. The van der Waals surface area contributed by atoms with E-state index in [1.54, 1.807) is 30.3 Å². The predicted molar refractivity (Wildman–Crippen MR) is 131 cm³/mol. The molecule has 1 aliphatic rings. The van der Waals surface area contributed by atoms with Crippen molar-refractivity contribution in [1.82, 2.24) is 14.6 Å². The number of hydrogen-bond acceptors (Lipinski definition) is 9. The first-order valence-electron chi connectivity index (χ1n) is 11.3. The second-order valence-electron chi connectivity index (χ2n) is 8.65. The summed E-state index contributed by atoms with van der Waals surface area (Å²) in [6, 6.07) is 7.38. The summed E-state index contributed by atoms with van der Waals surface area (Å²) in [5, 5.41) is 2.90. The second-order valence-corrected chi connectivity index (χ2v) is 9.42. The van der Waals surface area contributed by atoms with E-state index in [1.165, 1.54) is 11.2 Å². The molecule has 190 valence electrons. The molecule has 0 aliphatic carbocycles. The zero-order valence-corrected chi connectivity index (χ0v) is 20.7. The number of carbonyl (C=O) groups is 3. The number of nitrogens with one attached hydrogen (secondary N) is 1. The molecule has 11 nitrogen and oxygen atoms in total. The maximum Gasteiger partial charge on any atom is 0.270 e. The molecule has 3 aromatic rings. The monoisotopic (exact) mass is 513 g/mol. The quantitative estimate of drug-likeness (QED) is 0.372. The normalized spacial score (nSPS) is 13.0. The minimum absolute atomic E-state index is 0.00167.